The number of hydrogen-bond acceptors (Lipinski definition) is 1. The van der Waals surface area contributed by atoms with Gasteiger partial charge in [-0.15, -0.1) is 0 Å². The lowest BCUT2D eigenvalue weighted by atomic mass is 10.2. The molecule has 0 nitrogen and oxygen atoms in total. The largest absolute Gasteiger partial charge is 0.673 e. The maximum absolute atomic E-state index is 11.6. The molecule has 0 N–H and O–H groups in total. The molecule has 19 heteroatoms. The van der Waals surface area contributed by atoms with Crippen LogP contribution in [0.15, 0.2) is 16.8 Å². The fourth-order valence-electron chi connectivity index (χ4n) is 0.625. The average molecular weight is 427 g/mol. The molecule has 25 heavy (non-hydrogen) atoms. The lowest BCUT2D eigenvalue weighted by Crippen LogP contribution is -2.10. The van der Waals surface area contributed by atoms with Crippen LogP contribution in [-0.4, -0.2) is 27.9 Å². The molecule has 0 aliphatic carbocycles. The lowest BCUT2D eigenvalue weighted by Gasteiger charge is -2.02. The van der Waals surface area contributed by atoms with Crippen LogP contribution in [0.5, 0.6) is 0 Å². The van der Waals surface area contributed by atoms with E-state index in [1.54, 1.807) is 5.38 Å². The monoisotopic (exact) mass is 427 g/mol. The van der Waals surface area contributed by atoms with Crippen LogP contribution in [0.1, 0.15) is 5.56 Å². The van der Waals surface area contributed by atoms with Crippen molar-refractivity contribution < 1.29 is 65.0 Å². The van der Waals surface area contributed by atoms with Crippen molar-refractivity contribution in [3.05, 3.63) is 22.4 Å². The summed E-state index contributed by atoms with van der Waals surface area (Å²) in [6, 6.07) is 1.48. The van der Waals surface area contributed by atoms with Crippen LogP contribution in [0.25, 0.3) is 0 Å². The zero-order valence-corrected chi connectivity index (χ0v) is 12.1. The van der Waals surface area contributed by atoms with Crippen LogP contribution < -0.4 is 0 Å². The van der Waals surface area contributed by atoms with Gasteiger partial charge in [-0.1, -0.05) is 0 Å². The molecule has 1 heterocycles. The Kier molecular flexibility index (Phi) is 13.1. The second kappa shape index (κ2) is 11.5. The van der Waals surface area contributed by atoms with Gasteiger partial charge >= 0.3 is 27.9 Å². The molecule has 0 amide bonds. The van der Waals surface area contributed by atoms with Gasteiger partial charge in [0.25, 0.3) is 0 Å². The van der Waals surface area contributed by atoms with Crippen molar-refractivity contribution in [1.29, 1.82) is 0 Å². The third kappa shape index (κ3) is 84.4. The van der Waals surface area contributed by atoms with Crippen LogP contribution in [0.3, 0.4) is 0 Å². The predicted octanol–water partition coefficient (Wildman–Crippen LogP) is 6.75. The summed E-state index contributed by atoms with van der Waals surface area (Å²) in [7, 11) is -18.0. The van der Waals surface area contributed by atoms with E-state index in [0.717, 1.165) is 0 Å². The predicted molar refractivity (Wildman–Crippen MR) is 64.6 cm³/mol. The Balaban J connectivity index is -0.000000279. The molecule has 0 saturated carbocycles. The van der Waals surface area contributed by atoms with Gasteiger partial charge < -0.3 is 51.8 Å². The third-order valence-corrected chi connectivity index (χ3v) is 1.72. The van der Waals surface area contributed by atoms with E-state index < -0.39 is 34.4 Å². The second-order valence-electron chi connectivity index (χ2n) is 3.41. The van der Waals surface area contributed by atoms with Crippen LogP contribution in [0, 0.1) is 0 Å². The smallest absolute Gasteiger partial charge is 0.418 e. The summed E-state index contributed by atoms with van der Waals surface area (Å²) in [5.74, 6) is 0. The van der Waals surface area contributed by atoms with E-state index >= 15 is 0 Å². The maximum atomic E-state index is 11.6. The van der Waals surface area contributed by atoms with Crippen LogP contribution in [0.2, 0.25) is 0 Å². The fraction of sp³-hybridized carbons (Fsp3) is 0.333. The summed E-state index contributed by atoms with van der Waals surface area (Å²) in [6.45, 7) is 0. The molecule has 0 unspecified atom stereocenters. The molecular weight excluding hydrogens is 422 g/mol. The summed E-state index contributed by atoms with van der Waals surface area (Å²) in [4.78, 5) is 0. The number of hydrogen-bond donors (Lipinski definition) is 0. The summed E-state index contributed by atoms with van der Waals surface area (Å²) in [5.41, 5.74) is 0.345. The Hall–Kier alpha value is -1.16. The lowest BCUT2D eigenvalue weighted by molar-refractivity contribution is -0.127. The van der Waals surface area contributed by atoms with E-state index in [1.165, 1.54) is 22.8 Å². The van der Waals surface area contributed by atoms with Gasteiger partial charge in [-0.2, -0.15) is 24.5 Å². The Labute approximate surface area is 134 Å². The van der Waals surface area contributed by atoms with Gasteiger partial charge in [0, 0.05) is 0 Å². The molecule has 0 aromatic carbocycles. The molecule has 0 aliphatic rings. The number of thiophene rings is 1. The summed E-state index contributed by atoms with van der Waals surface area (Å²) in [5, 5.41) is 3.15. The highest BCUT2D eigenvalue weighted by Crippen LogP contribution is 2.22. The zero-order chi connectivity index (χ0) is 21.1. The third-order valence-electron chi connectivity index (χ3n) is 0.985. The van der Waals surface area contributed by atoms with Gasteiger partial charge in [-0.25, -0.2) is 0 Å². The first-order valence-corrected chi connectivity index (χ1v) is 6.22. The van der Waals surface area contributed by atoms with Gasteiger partial charge in [-0.3, -0.25) is 0 Å². The molecule has 1 aromatic heterocycles. The molecular formula is C6H5B3F15S-3. The minimum Gasteiger partial charge on any atom is -0.418 e. The molecule has 1 aromatic rings. The summed E-state index contributed by atoms with van der Waals surface area (Å²) < 4.78 is 152. The zero-order valence-electron chi connectivity index (χ0n) is 11.2. The van der Waals surface area contributed by atoms with Gasteiger partial charge in [0.1, 0.15) is 0 Å². The SMILES string of the molecule is FC(F)(F)Cc1ccsc1.F[B-](F)(F)F.F[B-](F)(F)F.F[B-](F)(F)F. The first kappa shape index (κ1) is 28.6. The molecule has 0 radical (unpaired) electrons. The quantitative estimate of drug-likeness (QED) is 0.344. The van der Waals surface area contributed by atoms with Crippen molar-refractivity contribution in [3.63, 3.8) is 0 Å². The standard InChI is InChI=1S/C6H5F3S.3BF4/c7-6(8,9)3-5-1-2-10-4-5;3*2-1(3,4)5/h1-2,4H,3H2;;;/q;3*-1. The van der Waals surface area contributed by atoms with E-state index in [0.29, 0.717) is 5.56 Å². The highest BCUT2D eigenvalue weighted by molar-refractivity contribution is 7.07. The average Bonchev–Trinajstić information content (AvgIpc) is 2.57. The van der Waals surface area contributed by atoms with Gasteiger partial charge in [0.2, 0.25) is 0 Å². The van der Waals surface area contributed by atoms with Crippen molar-refractivity contribution in [2.75, 3.05) is 0 Å². The molecule has 0 bridgehead atoms. The Bertz CT molecular complexity index is 368. The second-order valence-corrected chi connectivity index (χ2v) is 4.19. The van der Waals surface area contributed by atoms with Crippen LogP contribution in [0.4, 0.5) is 65.0 Å². The van der Waals surface area contributed by atoms with Gasteiger partial charge in [-0.05, 0) is 22.4 Å². The summed E-state index contributed by atoms with van der Waals surface area (Å²) >= 11 is 1.28. The fourth-order valence-corrected chi connectivity index (χ4v) is 1.29. The first-order chi connectivity index (χ1) is 10.6. The maximum Gasteiger partial charge on any atom is 0.673 e. The highest BCUT2D eigenvalue weighted by atomic mass is 32.1. The minimum atomic E-state index is -6.00. The van der Waals surface area contributed by atoms with Crippen LogP contribution >= 0.6 is 11.3 Å². The van der Waals surface area contributed by atoms with Crippen molar-refractivity contribution in [2.45, 2.75) is 12.6 Å². The number of halogens is 15. The van der Waals surface area contributed by atoms with Gasteiger partial charge in [0.15, 0.2) is 0 Å². The summed E-state index contributed by atoms with van der Waals surface area (Å²) in [6.07, 6.45) is -4.88. The van der Waals surface area contributed by atoms with Crippen molar-refractivity contribution >= 4 is 33.1 Å². The molecule has 1 rings (SSSR count). The van der Waals surface area contributed by atoms with Crippen LogP contribution in [-0.2, 0) is 6.42 Å². The molecule has 0 fully saturated rings. The van der Waals surface area contributed by atoms with Crippen molar-refractivity contribution in [1.82, 2.24) is 0 Å². The van der Waals surface area contributed by atoms with Crippen molar-refractivity contribution in [2.24, 2.45) is 0 Å². The first-order valence-electron chi connectivity index (χ1n) is 5.27. The topological polar surface area (TPSA) is 0 Å². The molecule has 152 valence electrons. The number of alkyl halides is 3. The van der Waals surface area contributed by atoms with Crippen molar-refractivity contribution in [3.8, 4) is 0 Å². The Morgan fingerprint density at radius 3 is 1.12 bits per heavy atom. The highest BCUT2D eigenvalue weighted by Gasteiger charge is 2.27. The molecule has 0 atom stereocenters. The van der Waals surface area contributed by atoms with E-state index in [9.17, 15) is 65.0 Å². The normalized spacial score (nSPS) is 12.0. The molecule has 0 spiro atoms. The van der Waals surface area contributed by atoms with E-state index in [-0.39, 0.29) is 0 Å². The Morgan fingerprint density at radius 1 is 0.680 bits per heavy atom. The van der Waals surface area contributed by atoms with E-state index in [4.69, 9.17) is 0 Å². The Morgan fingerprint density at radius 2 is 0.960 bits per heavy atom. The minimum absolute atomic E-state index is 0.345. The molecule has 0 saturated heterocycles. The number of rotatable bonds is 1. The van der Waals surface area contributed by atoms with Gasteiger partial charge in [0.05, 0.1) is 6.42 Å². The van der Waals surface area contributed by atoms with E-state index in [2.05, 4.69) is 0 Å². The van der Waals surface area contributed by atoms with E-state index in [1.807, 2.05) is 0 Å². The molecule has 0 aliphatic heterocycles.